The Morgan fingerprint density at radius 1 is 1.11 bits per heavy atom. The molecule has 1 N–H and O–H groups in total. The van der Waals surface area contributed by atoms with Gasteiger partial charge in [0.1, 0.15) is 6.54 Å². The quantitative estimate of drug-likeness (QED) is 0.765. The SMILES string of the molecule is CCCCC[NH+]1C=c2nnc3ccccc3c2=N1. The lowest BCUT2D eigenvalue weighted by molar-refractivity contribution is -0.825. The van der Waals surface area contributed by atoms with Crippen LogP contribution in [-0.2, 0) is 0 Å². The summed E-state index contributed by atoms with van der Waals surface area (Å²) in [7, 11) is 0. The molecule has 1 aromatic carbocycles. The van der Waals surface area contributed by atoms with Crippen LogP contribution in [0.5, 0.6) is 0 Å². The minimum Gasteiger partial charge on any atom is -0.180 e. The van der Waals surface area contributed by atoms with E-state index in [9.17, 15) is 0 Å². The number of benzene rings is 1. The van der Waals surface area contributed by atoms with Crippen molar-refractivity contribution in [3.63, 3.8) is 0 Å². The van der Waals surface area contributed by atoms with E-state index in [0.29, 0.717) is 0 Å². The van der Waals surface area contributed by atoms with Gasteiger partial charge in [-0.2, -0.15) is 5.01 Å². The van der Waals surface area contributed by atoms with Crippen molar-refractivity contribution in [3.8, 4) is 0 Å². The molecular formula is C14H17N4+. The number of hydrogen-bond donors (Lipinski definition) is 1. The van der Waals surface area contributed by atoms with Crippen molar-refractivity contribution in [3.05, 3.63) is 35.0 Å². The van der Waals surface area contributed by atoms with Gasteiger partial charge in [0.25, 0.3) is 0 Å². The third-order valence-electron chi connectivity index (χ3n) is 3.26. The molecule has 4 heteroatoms. The van der Waals surface area contributed by atoms with Crippen LogP contribution in [0.25, 0.3) is 17.1 Å². The summed E-state index contributed by atoms with van der Waals surface area (Å²) in [5, 5.41) is 17.3. The molecule has 1 aliphatic rings. The molecule has 3 rings (SSSR count). The number of aromatic nitrogens is 2. The van der Waals surface area contributed by atoms with Gasteiger partial charge in [-0.3, -0.25) is 0 Å². The van der Waals surface area contributed by atoms with Crippen LogP contribution in [0.1, 0.15) is 26.2 Å². The van der Waals surface area contributed by atoms with Gasteiger partial charge >= 0.3 is 0 Å². The molecule has 18 heavy (non-hydrogen) atoms. The fourth-order valence-corrected chi connectivity index (χ4v) is 2.29. The molecule has 4 nitrogen and oxygen atoms in total. The number of nitrogens with one attached hydrogen (secondary N) is 1. The summed E-state index contributed by atoms with van der Waals surface area (Å²) >= 11 is 0. The van der Waals surface area contributed by atoms with Crippen molar-refractivity contribution in [1.29, 1.82) is 0 Å². The topological polar surface area (TPSA) is 42.6 Å². The molecule has 1 aliphatic heterocycles. The molecule has 0 radical (unpaired) electrons. The lowest BCUT2D eigenvalue weighted by Crippen LogP contribution is -3.01. The molecule has 0 amide bonds. The molecule has 0 saturated heterocycles. The number of hydrogen-bond acceptors (Lipinski definition) is 3. The van der Waals surface area contributed by atoms with Crippen LogP contribution in [0, 0.1) is 0 Å². The molecule has 92 valence electrons. The number of nitrogens with zero attached hydrogens (tertiary/aromatic N) is 3. The highest BCUT2D eigenvalue weighted by molar-refractivity contribution is 5.77. The van der Waals surface area contributed by atoms with Crippen LogP contribution in [0.4, 0.5) is 0 Å². The van der Waals surface area contributed by atoms with E-state index in [-0.39, 0.29) is 0 Å². The molecule has 1 unspecified atom stereocenters. The Morgan fingerprint density at radius 3 is 2.89 bits per heavy atom. The Balaban J connectivity index is 1.98. The van der Waals surface area contributed by atoms with Gasteiger partial charge in [0.05, 0.1) is 5.52 Å². The second kappa shape index (κ2) is 4.82. The van der Waals surface area contributed by atoms with Crippen LogP contribution in [0.2, 0.25) is 0 Å². The monoisotopic (exact) mass is 241 g/mol. The third kappa shape index (κ3) is 1.99. The van der Waals surface area contributed by atoms with Crippen molar-refractivity contribution in [2.75, 3.05) is 6.54 Å². The smallest absolute Gasteiger partial charge is 0.173 e. The first-order valence-corrected chi connectivity index (χ1v) is 6.56. The molecule has 0 bridgehead atoms. The molecule has 2 aromatic rings. The Hall–Kier alpha value is -1.81. The van der Waals surface area contributed by atoms with Gasteiger partial charge in [0, 0.05) is 5.39 Å². The van der Waals surface area contributed by atoms with Crippen molar-refractivity contribution in [2.24, 2.45) is 5.10 Å². The van der Waals surface area contributed by atoms with E-state index in [0.717, 1.165) is 33.2 Å². The highest BCUT2D eigenvalue weighted by Gasteiger charge is 2.13. The minimum absolute atomic E-state index is 0.917. The first kappa shape index (κ1) is 11.3. The average Bonchev–Trinajstić information content (AvgIpc) is 2.82. The average molecular weight is 241 g/mol. The van der Waals surface area contributed by atoms with E-state index in [1.165, 1.54) is 19.3 Å². The van der Waals surface area contributed by atoms with E-state index in [1.807, 2.05) is 18.2 Å². The number of rotatable bonds is 4. The lowest BCUT2D eigenvalue weighted by Gasteiger charge is -2.02. The van der Waals surface area contributed by atoms with E-state index < -0.39 is 0 Å². The fourth-order valence-electron chi connectivity index (χ4n) is 2.29. The second-order valence-corrected chi connectivity index (χ2v) is 4.66. The predicted octanol–water partition coefficient (Wildman–Crippen LogP) is -0.00890. The first-order valence-electron chi connectivity index (χ1n) is 6.56. The van der Waals surface area contributed by atoms with Gasteiger partial charge in [-0.15, -0.1) is 10.2 Å². The summed E-state index contributed by atoms with van der Waals surface area (Å²) in [6.45, 7) is 3.26. The van der Waals surface area contributed by atoms with Gasteiger partial charge in [0.2, 0.25) is 0 Å². The first-order chi connectivity index (χ1) is 8.88. The Bertz CT molecular complexity index is 678. The molecule has 1 atom stereocenters. The van der Waals surface area contributed by atoms with Gasteiger partial charge < -0.3 is 0 Å². The summed E-state index contributed by atoms with van der Waals surface area (Å²) in [4.78, 5) is 0. The fraction of sp³-hybridized carbons (Fsp3) is 0.357. The molecule has 2 heterocycles. The second-order valence-electron chi connectivity index (χ2n) is 4.66. The van der Waals surface area contributed by atoms with Crippen LogP contribution >= 0.6 is 0 Å². The maximum Gasteiger partial charge on any atom is 0.173 e. The van der Waals surface area contributed by atoms with Crippen molar-refractivity contribution in [1.82, 2.24) is 10.2 Å². The summed E-state index contributed by atoms with van der Waals surface area (Å²) in [5.41, 5.74) is 0.920. The summed E-state index contributed by atoms with van der Waals surface area (Å²) in [6, 6.07) is 8.05. The zero-order chi connectivity index (χ0) is 12.4. The van der Waals surface area contributed by atoms with Crippen LogP contribution < -0.4 is 15.7 Å². The van der Waals surface area contributed by atoms with Crippen molar-refractivity contribution in [2.45, 2.75) is 26.2 Å². The van der Waals surface area contributed by atoms with E-state index >= 15 is 0 Å². The number of quaternary nitrogens is 1. The van der Waals surface area contributed by atoms with E-state index in [4.69, 9.17) is 5.10 Å². The maximum absolute atomic E-state index is 4.71. The lowest BCUT2D eigenvalue weighted by atomic mass is 10.2. The van der Waals surface area contributed by atoms with Crippen molar-refractivity contribution >= 4 is 17.1 Å². The molecule has 0 saturated carbocycles. The third-order valence-corrected chi connectivity index (χ3v) is 3.26. The van der Waals surface area contributed by atoms with Crippen LogP contribution in [0.3, 0.4) is 0 Å². The molecule has 1 aromatic heterocycles. The largest absolute Gasteiger partial charge is 0.180 e. The highest BCUT2D eigenvalue weighted by atomic mass is 15.5. The summed E-state index contributed by atoms with van der Waals surface area (Å²) in [5.74, 6) is 0. The number of fused-ring (bicyclic) bond motifs is 3. The zero-order valence-corrected chi connectivity index (χ0v) is 10.6. The van der Waals surface area contributed by atoms with Crippen LogP contribution in [0.15, 0.2) is 29.4 Å². The van der Waals surface area contributed by atoms with Gasteiger partial charge in [0.15, 0.2) is 16.9 Å². The normalized spacial score (nSPS) is 17.3. The highest BCUT2D eigenvalue weighted by Crippen LogP contribution is 2.02. The molecule has 0 spiro atoms. The van der Waals surface area contributed by atoms with Gasteiger partial charge in [-0.25, -0.2) is 0 Å². The van der Waals surface area contributed by atoms with E-state index in [1.54, 1.807) is 0 Å². The maximum atomic E-state index is 4.71. The van der Waals surface area contributed by atoms with E-state index in [2.05, 4.69) is 29.4 Å². The summed E-state index contributed by atoms with van der Waals surface area (Å²) < 4.78 is 0. The standard InChI is InChI=1S/C14H16N4/c1-2-3-6-9-18-10-13-14(17-18)11-7-4-5-8-12(11)15-16-13/h4-5,7-8,10H,2-3,6,9H2,1H3/p+1. The minimum atomic E-state index is 0.917. The predicted molar refractivity (Wildman–Crippen MR) is 70.1 cm³/mol. The van der Waals surface area contributed by atoms with Crippen molar-refractivity contribution < 1.29 is 5.01 Å². The Labute approximate surface area is 106 Å². The summed E-state index contributed by atoms with van der Waals surface area (Å²) in [6.07, 6.45) is 5.77. The molecular weight excluding hydrogens is 224 g/mol. The molecule has 0 fully saturated rings. The zero-order valence-electron chi connectivity index (χ0n) is 10.6. The number of unbranched alkanes of at least 4 members (excludes halogenated alkanes) is 2. The van der Waals surface area contributed by atoms with Gasteiger partial charge in [-0.1, -0.05) is 36.6 Å². The molecule has 0 aliphatic carbocycles. The van der Waals surface area contributed by atoms with Gasteiger partial charge in [-0.05, 0) is 18.9 Å². The van der Waals surface area contributed by atoms with Crippen LogP contribution in [-0.4, -0.2) is 16.7 Å². The Kier molecular flexibility index (Phi) is 3.02. The Morgan fingerprint density at radius 2 is 2.00 bits per heavy atom.